The van der Waals surface area contributed by atoms with Gasteiger partial charge in [0.15, 0.2) is 6.29 Å². The van der Waals surface area contributed by atoms with E-state index in [9.17, 15) is 18.0 Å². The predicted octanol–water partition coefficient (Wildman–Crippen LogP) is 4.94. The van der Waals surface area contributed by atoms with Crippen molar-refractivity contribution in [1.82, 2.24) is 4.72 Å². The second kappa shape index (κ2) is 12.7. The SMILES string of the molecule is C/C=C/C(C=O)(OC)[C@@H]1CC[C@H]1CN1CCCCc2cc(Cl)ccc2COc2ccc(C(=O)NS(C)(=O)=O)cc21. The van der Waals surface area contributed by atoms with Gasteiger partial charge in [-0.15, -0.1) is 0 Å². The smallest absolute Gasteiger partial charge is 0.264 e. The van der Waals surface area contributed by atoms with E-state index >= 15 is 0 Å². The highest BCUT2D eigenvalue weighted by Crippen LogP contribution is 2.45. The van der Waals surface area contributed by atoms with Gasteiger partial charge in [0, 0.05) is 36.7 Å². The summed E-state index contributed by atoms with van der Waals surface area (Å²) in [6, 6.07) is 10.8. The third-order valence-corrected chi connectivity index (χ3v) is 8.72. The molecule has 4 rings (SSSR count). The Hall–Kier alpha value is -2.88. The molecule has 2 aromatic carbocycles. The van der Waals surface area contributed by atoms with E-state index in [1.165, 1.54) is 0 Å². The zero-order valence-electron chi connectivity index (χ0n) is 23.2. The molecule has 1 heterocycles. The van der Waals surface area contributed by atoms with E-state index in [-0.39, 0.29) is 17.4 Å². The molecule has 0 spiro atoms. The zero-order valence-corrected chi connectivity index (χ0v) is 24.8. The van der Waals surface area contributed by atoms with Crippen LogP contribution in [0.25, 0.3) is 0 Å². The van der Waals surface area contributed by atoms with Gasteiger partial charge in [-0.05, 0) is 92.5 Å². The number of sulfonamides is 1. The summed E-state index contributed by atoms with van der Waals surface area (Å²) in [5.41, 5.74) is 2.14. The fourth-order valence-electron chi connectivity index (χ4n) is 5.75. The maximum Gasteiger partial charge on any atom is 0.264 e. The molecule has 0 saturated heterocycles. The van der Waals surface area contributed by atoms with Crippen molar-refractivity contribution in [2.24, 2.45) is 11.8 Å². The minimum Gasteiger partial charge on any atom is -0.487 e. The van der Waals surface area contributed by atoms with Crippen molar-refractivity contribution < 1.29 is 27.5 Å². The van der Waals surface area contributed by atoms with Crippen molar-refractivity contribution in [3.8, 4) is 5.75 Å². The number of nitrogens with zero attached hydrogens (tertiary/aromatic N) is 1. The molecule has 2 aromatic rings. The summed E-state index contributed by atoms with van der Waals surface area (Å²) in [5.74, 6) is 0.0747. The van der Waals surface area contributed by atoms with Gasteiger partial charge in [0.05, 0.1) is 11.9 Å². The van der Waals surface area contributed by atoms with E-state index in [0.29, 0.717) is 36.2 Å². The molecule has 1 amide bonds. The van der Waals surface area contributed by atoms with Crippen molar-refractivity contribution >= 4 is 39.5 Å². The van der Waals surface area contributed by atoms with Crippen LogP contribution in [0.5, 0.6) is 5.75 Å². The number of rotatable bonds is 8. The first-order valence-electron chi connectivity index (χ1n) is 13.6. The fourth-order valence-corrected chi connectivity index (χ4v) is 6.40. The highest BCUT2D eigenvalue weighted by molar-refractivity contribution is 7.89. The summed E-state index contributed by atoms with van der Waals surface area (Å²) < 4.78 is 37.6. The molecule has 10 heteroatoms. The summed E-state index contributed by atoms with van der Waals surface area (Å²) in [7, 11) is -2.16. The van der Waals surface area contributed by atoms with E-state index in [1.54, 1.807) is 25.3 Å². The summed E-state index contributed by atoms with van der Waals surface area (Å²) in [5, 5.41) is 0.686. The van der Waals surface area contributed by atoms with E-state index in [0.717, 1.165) is 55.8 Å². The standard InChI is InChI=1S/C30H37ClN2O6S/c1-4-14-30(20-34,38-2)26-12-9-23(26)18-33-15-6-5-7-21-16-25(31)11-8-24(21)19-39-28-13-10-22(17-27(28)33)29(35)32-40(3,36)37/h4,8,10-11,13-14,16-17,20,23,26H,5-7,9,12,15,18-19H2,1-3H3,(H,32,35)/b14-4+/t23-,26+,30?/m0/s1. The van der Waals surface area contributed by atoms with Gasteiger partial charge in [0.1, 0.15) is 18.0 Å². The van der Waals surface area contributed by atoms with Gasteiger partial charge in [-0.25, -0.2) is 13.1 Å². The number of aryl methyl sites for hydroxylation is 1. The number of methoxy groups -OCH3 is 1. The van der Waals surface area contributed by atoms with Crippen molar-refractivity contribution in [3.63, 3.8) is 0 Å². The lowest BCUT2D eigenvalue weighted by atomic mass is 9.64. The number of anilines is 1. The van der Waals surface area contributed by atoms with Gasteiger partial charge in [-0.2, -0.15) is 0 Å². The van der Waals surface area contributed by atoms with E-state index in [4.69, 9.17) is 21.1 Å². The molecular weight excluding hydrogens is 552 g/mol. The molecule has 1 fully saturated rings. The number of carbonyl (C=O) groups excluding carboxylic acids is 2. The van der Waals surface area contributed by atoms with Crippen LogP contribution in [0, 0.1) is 11.8 Å². The predicted molar refractivity (Wildman–Crippen MR) is 157 cm³/mol. The molecule has 3 atom stereocenters. The number of amides is 1. The highest BCUT2D eigenvalue weighted by atomic mass is 35.5. The molecule has 216 valence electrons. The van der Waals surface area contributed by atoms with Crippen molar-refractivity contribution in [3.05, 3.63) is 70.3 Å². The fraction of sp³-hybridized carbons (Fsp3) is 0.467. The number of carbonyl (C=O) groups is 2. The molecule has 2 aliphatic rings. The van der Waals surface area contributed by atoms with Crippen LogP contribution < -0.4 is 14.4 Å². The lowest BCUT2D eigenvalue weighted by molar-refractivity contribution is -0.135. The van der Waals surface area contributed by atoms with Crippen LogP contribution in [0.3, 0.4) is 0 Å². The Morgan fingerprint density at radius 3 is 2.65 bits per heavy atom. The van der Waals surface area contributed by atoms with Gasteiger partial charge < -0.3 is 14.4 Å². The molecule has 40 heavy (non-hydrogen) atoms. The Kier molecular flexibility index (Phi) is 9.59. The number of aldehydes is 1. The molecule has 1 saturated carbocycles. The number of hydrogen-bond donors (Lipinski definition) is 1. The lowest BCUT2D eigenvalue weighted by Crippen LogP contribution is -2.52. The van der Waals surface area contributed by atoms with Crippen LogP contribution in [0.4, 0.5) is 5.69 Å². The topological polar surface area (TPSA) is 102 Å². The lowest BCUT2D eigenvalue weighted by Gasteiger charge is -2.47. The maximum absolute atomic E-state index is 12.8. The van der Waals surface area contributed by atoms with Crippen LogP contribution in [0.15, 0.2) is 48.6 Å². The van der Waals surface area contributed by atoms with Gasteiger partial charge in [0.2, 0.25) is 10.0 Å². The molecule has 0 aromatic heterocycles. The van der Waals surface area contributed by atoms with E-state index in [1.807, 2.05) is 37.3 Å². The van der Waals surface area contributed by atoms with Gasteiger partial charge in [-0.3, -0.25) is 9.59 Å². The van der Waals surface area contributed by atoms with Crippen molar-refractivity contribution in [2.45, 2.75) is 51.2 Å². The largest absolute Gasteiger partial charge is 0.487 e. The first-order valence-corrected chi connectivity index (χ1v) is 15.8. The Labute approximate surface area is 241 Å². The number of nitrogens with one attached hydrogen (secondary N) is 1. The molecule has 1 aliphatic carbocycles. The van der Waals surface area contributed by atoms with Crippen molar-refractivity contribution in [2.75, 3.05) is 31.4 Å². The zero-order chi connectivity index (χ0) is 28.9. The maximum atomic E-state index is 12.8. The number of benzene rings is 2. The summed E-state index contributed by atoms with van der Waals surface area (Å²) in [4.78, 5) is 27.2. The first kappa shape index (κ1) is 30.1. The quantitative estimate of drug-likeness (QED) is 0.344. The highest BCUT2D eigenvalue weighted by Gasteiger charge is 2.47. The van der Waals surface area contributed by atoms with Gasteiger partial charge in [-0.1, -0.05) is 23.7 Å². The minimum atomic E-state index is -3.73. The molecule has 1 unspecified atom stereocenters. The van der Waals surface area contributed by atoms with Crippen LogP contribution in [-0.2, 0) is 32.6 Å². The normalized spacial score (nSPS) is 21.1. The second-order valence-electron chi connectivity index (χ2n) is 10.6. The van der Waals surface area contributed by atoms with E-state index in [2.05, 4.69) is 9.62 Å². The summed E-state index contributed by atoms with van der Waals surface area (Å²) in [6.45, 7) is 3.53. The van der Waals surface area contributed by atoms with Crippen LogP contribution in [0.2, 0.25) is 5.02 Å². The Morgan fingerprint density at radius 2 is 2.00 bits per heavy atom. The van der Waals surface area contributed by atoms with Gasteiger partial charge >= 0.3 is 0 Å². The number of halogens is 1. The Balaban J connectivity index is 1.70. The molecule has 1 aliphatic heterocycles. The average Bonchev–Trinajstić information content (AvgIpc) is 2.92. The van der Waals surface area contributed by atoms with Crippen molar-refractivity contribution in [1.29, 1.82) is 0 Å². The number of fused-ring (bicyclic) bond motifs is 2. The molecule has 0 bridgehead atoms. The molecule has 8 nitrogen and oxygen atoms in total. The summed E-state index contributed by atoms with van der Waals surface area (Å²) >= 11 is 6.28. The first-order chi connectivity index (χ1) is 19.1. The second-order valence-corrected chi connectivity index (χ2v) is 12.8. The third kappa shape index (κ3) is 6.87. The van der Waals surface area contributed by atoms with Gasteiger partial charge in [0.25, 0.3) is 5.91 Å². The number of hydrogen-bond acceptors (Lipinski definition) is 7. The van der Waals surface area contributed by atoms with Crippen LogP contribution in [0.1, 0.15) is 54.1 Å². The number of allylic oxidation sites excluding steroid dienone is 1. The van der Waals surface area contributed by atoms with E-state index < -0.39 is 21.5 Å². The Bertz CT molecular complexity index is 1380. The number of ether oxygens (including phenoxy) is 2. The molecule has 0 radical (unpaired) electrons. The molecule has 1 N–H and O–H groups in total. The summed E-state index contributed by atoms with van der Waals surface area (Å²) in [6.07, 6.45) is 9.98. The molecular formula is C30H37ClN2O6S. The minimum absolute atomic E-state index is 0.0110. The third-order valence-electron chi connectivity index (χ3n) is 7.93. The monoisotopic (exact) mass is 588 g/mol. The van der Waals surface area contributed by atoms with Crippen LogP contribution in [-0.4, -0.2) is 52.7 Å². The Morgan fingerprint density at radius 1 is 1.20 bits per heavy atom. The average molecular weight is 589 g/mol. The van der Waals surface area contributed by atoms with Crippen LogP contribution >= 0.6 is 11.6 Å².